The van der Waals surface area contributed by atoms with Gasteiger partial charge in [-0.15, -0.1) is 0 Å². The molecule has 216 valence electrons. The predicted molar refractivity (Wildman–Crippen MR) is 168 cm³/mol. The number of ether oxygens (including phenoxy) is 1. The Morgan fingerprint density at radius 2 is 1.68 bits per heavy atom. The number of carbonyl (C=O) groups excluding carboxylic acids is 1. The van der Waals surface area contributed by atoms with Gasteiger partial charge in [0.15, 0.2) is 0 Å². The largest absolute Gasteiger partial charge is 0.490 e. The van der Waals surface area contributed by atoms with E-state index in [-0.39, 0.29) is 12.0 Å². The van der Waals surface area contributed by atoms with E-state index in [4.69, 9.17) is 4.74 Å². The second-order valence-electron chi connectivity index (χ2n) is 12.0. The fraction of sp³-hybridized carbons (Fsp3) is 0.457. The summed E-state index contributed by atoms with van der Waals surface area (Å²) in [7, 11) is 0. The molecule has 2 aliphatic heterocycles. The molecule has 6 heteroatoms. The normalized spacial score (nSPS) is 19.1. The van der Waals surface area contributed by atoms with E-state index in [0.717, 1.165) is 70.3 Å². The smallest absolute Gasteiger partial charge is 0.251 e. The number of rotatable bonds is 9. The molecular weight excluding hydrogens is 508 g/mol. The van der Waals surface area contributed by atoms with Gasteiger partial charge in [0.25, 0.3) is 5.91 Å². The zero-order chi connectivity index (χ0) is 28.2. The van der Waals surface area contributed by atoms with E-state index in [9.17, 15) is 4.79 Å². The molecule has 1 amide bonds. The van der Waals surface area contributed by atoms with Gasteiger partial charge in [0.05, 0.1) is 0 Å². The Labute approximate surface area is 244 Å². The third kappa shape index (κ3) is 6.44. The number of nitrogens with one attached hydrogen (secondary N) is 1. The monoisotopic (exact) mass is 552 g/mol. The molecule has 0 bridgehead atoms. The summed E-state index contributed by atoms with van der Waals surface area (Å²) in [5, 5.41) is 5.78. The summed E-state index contributed by atoms with van der Waals surface area (Å²) < 4.78 is 8.72. The average molecular weight is 553 g/mol. The van der Waals surface area contributed by atoms with Crippen LogP contribution in [-0.2, 0) is 13.1 Å². The zero-order valence-corrected chi connectivity index (χ0v) is 24.6. The molecule has 6 rings (SSSR count). The lowest BCUT2D eigenvalue weighted by Crippen LogP contribution is -2.40. The van der Waals surface area contributed by atoms with E-state index < -0.39 is 0 Å². The number of benzene rings is 3. The van der Waals surface area contributed by atoms with Crippen molar-refractivity contribution in [3.05, 3.63) is 77.9 Å². The number of hydrogen-bond donors (Lipinski definition) is 1. The fourth-order valence-corrected chi connectivity index (χ4v) is 6.78. The molecular formula is C35H44N4O2. The first-order chi connectivity index (χ1) is 20.1. The molecule has 3 heterocycles. The minimum atomic E-state index is -0.00707. The average Bonchev–Trinajstić information content (AvgIpc) is 3.31. The van der Waals surface area contributed by atoms with Gasteiger partial charge in [0, 0.05) is 73.2 Å². The summed E-state index contributed by atoms with van der Waals surface area (Å²) >= 11 is 0. The fourth-order valence-electron chi connectivity index (χ4n) is 6.78. The van der Waals surface area contributed by atoms with Gasteiger partial charge in [0.2, 0.25) is 0 Å². The van der Waals surface area contributed by atoms with Crippen LogP contribution in [0, 0.1) is 5.92 Å². The molecule has 2 fully saturated rings. The molecule has 0 aliphatic carbocycles. The molecule has 0 radical (unpaired) electrons. The van der Waals surface area contributed by atoms with E-state index in [1.165, 1.54) is 40.2 Å². The Hall–Kier alpha value is -3.35. The van der Waals surface area contributed by atoms with Crippen LogP contribution in [0.3, 0.4) is 0 Å². The zero-order valence-electron chi connectivity index (χ0n) is 24.6. The summed E-state index contributed by atoms with van der Waals surface area (Å²) in [4.78, 5) is 17.6. The number of amides is 1. The number of likely N-dealkylation sites (tertiary alicyclic amines) is 2. The van der Waals surface area contributed by atoms with E-state index in [0.29, 0.717) is 12.1 Å². The van der Waals surface area contributed by atoms with Crippen LogP contribution in [0.4, 0.5) is 0 Å². The summed E-state index contributed by atoms with van der Waals surface area (Å²) in [5.74, 6) is 1.60. The molecule has 2 aliphatic rings. The third-order valence-corrected chi connectivity index (χ3v) is 8.97. The minimum absolute atomic E-state index is 0.00707. The molecule has 1 aromatic heterocycles. The molecule has 4 aromatic rings. The van der Waals surface area contributed by atoms with Crippen molar-refractivity contribution in [2.75, 3.05) is 39.3 Å². The number of para-hydroxylation sites is 1. The van der Waals surface area contributed by atoms with Crippen LogP contribution in [0.15, 0.2) is 66.7 Å². The van der Waals surface area contributed by atoms with E-state index >= 15 is 0 Å². The topological polar surface area (TPSA) is 49.7 Å². The van der Waals surface area contributed by atoms with Gasteiger partial charge in [-0.2, -0.15) is 0 Å². The molecule has 1 unspecified atom stereocenters. The van der Waals surface area contributed by atoms with Crippen molar-refractivity contribution in [1.82, 2.24) is 19.7 Å². The lowest BCUT2D eigenvalue weighted by atomic mass is 10.0. The van der Waals surface area contributed by atoms with Crippen LogP contribution in [0.1, 0.15) is 55.5 Å². The van der Waals surface area contributed by atoms with Gasteiger partial charge < -0.3 is 19.5 Å². The number of carbonyl (C=O) groups is 1. The summed E-state index contributed by atoms with van der Waals surface area (Å²) in [6, 6.07) is 23.4. The number of aryl methyl sites for hydroxylation is 1. The number of hydrogen-bond acceptors (Lipinski definition) is 4. The van der Waals surface area contributed by atoms with Gasteiger partial charge >= 0.3 is 0 Å². The molecule has 3 aromatic carbocycles. The number of piperidine rings is 2. The van der Waals surface area contributed by atoms with Crippen LogP contribution in [0.5, 0.6) is 5.75 Å². The van der Waals surface area contributed by atoms with Gasteiger partial charge in [-0.3, -0.25) is 9.69 Å². The quantitative estimate of drug-likeness (QED) is 0.264. The Kier molecular flexibility index (Phi) is 8.59. The van der Waals surface area contributed by atoms with Gasteiger partial charge in [-0.1, -0.05) is 31.2 Å². The molecule has 6 nitrogen and oxygen atoms in total. The van der Waals surface area contributed by atoms with Crippen molar-refractivity contribution in [1.29, 1.82) is 0 Å². The predicted octanol–water partition coefficient (Wildman–Crippen LogP) is 6.32. The molecule has 1 N–H and O–H groups in total. The van der Waals surface area contributed by atoms with Crippen LogP contribution < -0.4 is 10.1 Å². The summed E-state index contributed by atoms with van der Waals surface area (Å²) in [6.45, 7) is 12.4. The van der Waals surface area contributed by atoms with Crippen LogP contribution in [0.25, 0.3) is 21.8 Å². The van der Waals surface area contributed by atoms with Crippen molar-refractivity contribution >= 4 is 27.7 Å². The van der Waals surface area contributed by atoms with Crippen LogP contribution in [-0.4, -0.2) is 65.6 Å². The first-order valence-corrected chi connectivity index (χ1v) is 15.6. The van der Waals surface area contributed by atoms with E-state index in [2.05, 4.69) is 76.0 Å². The molecule has 2 saturated heterocycles. The Bertz CT molecular complexity index is 1470. The highest BCUT2D eigenvalue weighted by Gasteiger charge is 2.21. The van der Waals surface area contributed by atoms with E-state index in [1.54, 1.807) is 0 Å². The van der Waals surface area contributed by atoms with E-state index in [1.807, 2.05) is 24.3 Å². The minimum Gasteiger partial charge on any atom is -0.490 e. The molecule has 0 saturated carbocycles. The first-order valence-electron chi connectivity index (χ1n) is 15.6. The maximum absolute atomic E-state index is 12.6. The number of fused-ring (bicyclic) bond motifs is 3. The van der Waals surface area contributed by atoms with Crippen molar-refractivity contribution in [3.8, 4) is 5.75 Å². The lowest BCUT2D eigenvalue weighted by molar-refractivity contribution is 0.0942. The van der Waals surface area contributed by atoms with Crippen molar-refractivity contribution in [2.45, 2.75) is 58.7 Å². The van der Waals surface area contributed by atoms with Crippen molar-refractivity contribution < 1.29 is 9.53 Å². The highest BCUT2D eigenvalue weighted by Crippen LogP contribution is 2.30. The number of aromatic nitrogens is 1. The maximum atomic E-state index is 12.6. The second-order valence-corrected chi connectivity index (χ2v) is 12.0. The highest BCUT2D eigenvalue weighted by molar-refractivity contribution is 6.08. The highest BCUT2D eigenvalue weighted by atomic mass is 16.5. The van der Waals surface area contributed by atoms with Gasteiger partial charge in [-0.25, -0.2) is 0 Å². The molecule has 0 spiro atoms. The number of nitrogens with zero attached hydrogens (tertiary/aromatic N) is 3. The second kappa shape index (κ2) is 12.7. The Morgan fingerprint density at radius 3 is 2.46 bits per heavy atom. The Morgan fingerprint density at radius 1 is 0.902 bits per heavy atom. The first kappa shape index (κ1) is 27.8. The van der Waals surface area contributed by atoms with Crippen molar-refractivity contribution in [3.63, 3.8) is 0 Å². The van der Waals surface area contributed by atoms with Gasteiger partial charge in [0.1, 0.15) is 11.9 Å². The maximum Gasteiger partial charge on any atom is 0.251 e. The Balaban J connectivity index is 0.973. The SMILES string of the molecule is CCn1c2ccccc2c2cc(CN3CCC(Oc4ccc(C(=O)NCCN5CCCC(C)C5)cc4)CC3)ccc21. The van der Waals surface area contributed by atoms with Gasteiger partial charge in [-0.05, 0) is 93.1 Å². The summed E-state index contributed by atoms with van der Waals surface area (Å²) in [6.07, 6.45) is 4.81. The summed E-state index contributed by atoms with van der Waals surface area (Å²) in [5.41, 5.74) is 4.70. The standard InChI is InChI=1S/C35H44N4O2/c1-3-39-33-9-5-4-8-31(33)32-23-27(10-15-34(32)39)25-38-20-16-30(17-21-38)41-29-13-11-28(12-14-29)35(40)36-18-22-37-19-6-7-26(2)24-37/h4-5,8-15,23,26,30H,3,6-7,16-22,24-25H2,1-2H3,(H,36,40). The third-order valence-electron chi connectivity index (χ3n) is 8.97. The van der Waals surface area contributed by atoms with Crippen molar-refractivity contribution in [2.24, 2.45) is 5.92 Å². The van der Waals surface area contributed by atoms with Crippen LogP contribution >= 0.6 is 0 Å². The van der Waals surface area contributed by atoms with Crippen LogP contribution in [0.2, 0.25) is 0 Å². The molecule has 41 heavy (non-hydrogen) atoms. The molecule has 1 atom stereocenters. The lowest BCUT2D eigenvalue weighted by Gasteiger charge is -2.32.